The minimum atomic E-state index is -0.212. The van der Waals surface area contributed by atoms with Crippen molar-refractivity contribution < 1.29 is 9.53 Å². The van der Waals surface area contributed by atoms with E-state index in [0.717, 1.165) is 6.42 Å². The smallest absolute Gasteiger partial charge is 0.252 e. The topological polar surface area (TPSA) is 71.2 Å². The van der Waals surface area contributed by atoms with Gasteiger partial charge in [0.1, 0.15) is 0 Å². The van der Waals surface area contributed by atoms with E-state index < -0.39 is 0 Å². The zero-order valence-electron chi connectivity index (χ0n) is 11.9. The molecule has 0 aliphatic heterocycles. The van der Waals surface area contributed by atoms with Gasteiger partial charge in [-0.15, -0.1) is 0 Å². The number of aromatic amines is 1. The zero-order valence-corrected chi connectivity index (χ0v) is 11.9. The first-order chi connectivity index (χ1) is 9.66. The Balaban J connectivity index is 1.69. The molecule has 1 heterocycles. The zero-order chi connectivity index (χ0) is 14.4. The van der Waals surface area contributed by atoms with Gasteiger partial charge in [0.15, 0.2) is 0 Å². The van der Waals surface area contributed by atoms with Crippen molar-refractivity contribution in [1.29, 1.82) is 0 Å². The molecule has 2 N–H and O–H groups in total. The monoisotopic (exact) mass is 278 g/mol. The number of hydrogen-bond donors (Lipinski definition) is 2. The van der Waals surface area contributed by atoms with Crippen molar-refractivity contribution in [3.8, 4) is 0 Å². The van der Waals surface area contributed by atoms with Gasteiger partial charge >= 0.3 is 0 Å². The van der Waals surface area contributed by atoms with E-state index >= 15 is 0 Å². The number of rotatable bonds is 5. The van der Waals surface area contributed by atoms with Gasteiger partial charge in [-0.3, -0.25) is 9.59 Å². The maximum atomic E-state index is 11.8. The summed E-state index contributed by atoms with van der Waals surface area (Å²) in [6.07, 6.45) is 6.63. The van der Waals surface area contributed by atoms with Crippen LogP contribution in [0.15, 0.2) is 23.1 Å². The summed E-state index contributed by atoms with van der Waals surface area (Å²) < 4.78 is 5.83. The van der Waals surface area contributed by atoms with Crippen LogP contribution in [0.4, 0.5) is 0 Å². The second-order valence-electron chi connectivity index (χ2n) is 5.37. The van der Waals surface area contributed by atoms with Crippen molar-refractivity contribution >= 4 is 5.91 Å². The molecular weight excluding hydrogens is 256 g/mol. The molecule has 1 aromatic heterocycles. The van der Waals surface area contributed by atoms with E-state index in [9.17, 15) is 9.59 Å². The largest absolute Gasteiger partial charge is 0.376 e. The van der Waals surface area contributed by atoms with Crippen LogP contribution in [-0.2, 0) is 4.74 Å². The molecule has 0 bridgehead atoms. The van der Waals surface area contributed by atoms with E-state index in [1.165, 1.54) is 37.6 Å². The Morgan fingerprint density at radius 3 is 2.90 bits per heavy atom. The van der Waals surface area contributed by atoms with Crippen LogP contribution in [0.2, 0.25) is 0 Å². The molecular formula is C15H22N2O3. The SMILES string of the molecule is C[C@@H]1CCCC[C@@H]1OCCNC(=O)c1ccc(=O)[nH]c1. The molecule has 1 aliphatic carbocycles. The van der Waals surface area contributed by atoms with Gasteiger partial charge in [-0.2, -0.15) is 0 Å². The van der Waals surface area contributed by atoms with E-state index in [0.29, 0.717) is 30.7 Å². The minimum absolute atomic E-state index is 0.193. The number of hydrogen-bond acceptors (Lipinski definition) is 3. The highest BCUT2D eigenvalue weighted by Gasteiger charge is 2.21. The fourth-order valence-electron chi connectivity index (χ4n) is 2.56. The van der Waals surface area contributed by atoms with Gasteiger partial charge in [-0.25, -0.2) is 0 Å². The number of nitrogens with one attached hydrogen (secondary N) is 2. The third-order valence-electron chi connectivity index (χ3n) is 3.80. The van der Waals surface area contributed by atoms with Crippen LogP contribution in [0.3, 0.4) is 0 Å². The second kappa shape index (κ2) is 7.24. The molecule has 110 valence electrons. The van der Waals surface area contributed by atoms with Crippen molar-refractivity contribution in [2.24, 2.45) is 5.92 Å². The van der Waals surface area contributed by atoms with Gasteiger partial charge in [-0.1, -0.05) is 19.8 Å². The third-order valence-corrected chi connectivity index (χ3v) is 3.80. The van der Waals surface area contributed by atoms with Gasteiger partial charge in [0, 0.05) is 18.8 Å². The van der Waals surface area contributed by atoms with E-state index in [4.69, 9.17) is 4.74 Å². The lowest BCUT2D eigenvalue weighted by Crippen LogP contribution is -2.32. The summed E-state index contributed by atoms with van der Waals surface area (Å²) in [6.45, 7) is 3.24. The van der Waals surface area contributed by atoms with Gasteiger partial charge in [0.05, 0.1) is 18.3 Å². The molecule has 5 nitrogen and oxygen atoms in total. The van der Waals surface area contributed by atoms with E-state index in [2.05, 4.69) is 17.2 Å². The number of amides is 1. The molecule has 1 fully saturated rings. The third kappa shape index (κ3) is 4.20. The highest BCUT2D eigenvalue weighted by Crippen LogP contribution is 2.25. The summed E-state index contributed by atoms with van der Waals surface area (Å²) in [5.41, 5.74) is 0.242. The van der Waals surface area contributed by atoms with Crippen molar-refractivity contribution in [2.75, 3.05) is 13.2 Å². The number of pyridine rings is 1. The molecule has 1 aromatic rings. The highest BCUT2D eigenvalue weighted by molar-refractivity contribution is 5.93. The normalized spacial score (nSPS) is 22.4. The van der Waals surface area contributed by atoms with Crippen molar-refractivity contribution in [3.63, 3.8) is 0 Å². The molecule has 0 spiro atoms. The Hall–Kier alpha value is -1.62. The predicted octanol–water partition coefficient (Wildman–Crippen LogP) is 1.70. The average molecular weight is 278 g/mol. The summed E-state index contributed by atoms with van der Waals surface area (Å²) in [5.74, 6) is 0.417. The summed E-state index contributed by atoms with van der Waals surface area (Å²) in [6, 6.07) is 2.85. The number of ether oxygens (including phenoxy) is 1. The van der Waals surface area contributed by atoms with Crippen molar-refractivity contribution in [3.05, 3.63) is 34.2 Å². The second-order valence-corrected chi connectivity index (χ2v) is 5.37. The lowest BCUT2D eigenvalue weighted by Gasteiger charge is -2.28. The van der Waals surface area contributed by atoms with Gasteiger partial charge < -0.3 is 15.0 Å². The Bertz CT molecular complexity index is 478. The molecule has 20 heavy (non-hydrogen) atoms. The molecule has 1 saturated carbocycles. The first-order valence-electron chi connectivity index (χ1n) is 7.25. The fourth-order valence-corrected chi connectivity index (χ4v) is 2.56. The Kier molecular flexibility index (Phi) is 5.35. The fraction of sp³-hybridized carbons (Fsp3) is 0.600. The van der Waals surface area contributed by atoms with Gasteiger partial charge in [-0.05, 0) is 24.8 Å². The maximum absolute atomic E-state index is 11.8. The molecule has 5 heteroatoms. The van der Waals surface area contributed by atoms with Gasteiger partial charge in [0.2, 0.25) is 5.56 Å². The average Bonchev–Trinajstić information content (AvgIpc) is 2.46. The quantitative estimate of drug-likeness (QED) is 0.805. The van der Waals surface area contributed by atoms with Crippen LogP contribution in [0, 0.1) is 5.92 Å². The van der Waals surface area contributed by atoms with Crippen LogP contribution in [0.25, 0.3) is 0 Å². The maximum Gasteiger partial charge on any atom is 0.252 e. The van der Waals surface area contributed by atoms with Crippen LogP contribution >= 0.6 is 0 Å². The number of carbonyl (C=O) groups excluding carboxylic acids is 1. The number of H-pyrrole nitrogens is 1. The van der Waals surface area contributed by atoms with E-state index in [1.807, 2.05) is 0 Å². The van der Waals surface area contributed by atoms with E-state index in [-0.39, 0.29) is 11.5 Å². The molecule has 0 saturated heterocycles. The predicted molar refractivity (Wildman–Crippen MR) is 76.8 cm³/mol. The standard InChI is InChI=1S/C15H22N2O3/c1-11-4-2-3-5-13(11)20-9-8-16-15(19)12-6-7-14(18)17-10-12/h6-7,10-11,13H,2-5,8-9H2,1H3,(H,16,19)(H,17,18)/t11-,13+/m1/s1. The molecule has 1 amide bonds. The molecule has 2 rings (SSSR count). The first-order valence-corrected chi connectivity index (χ1v) is 7.25. The highest BCUT2D eigenvalue weighted by atomic mass is 16.5. The Morgan fingerprint density at radius 1 is 1.40 bits per heavy atom. The number of carbonyl (C=O) groups is 1. The van der Waals surface area contributed by atoms with Crippen molar-refractivity contribution in [2.45, 2.75) is 38.7 Å². The van der Waals surface area contributed by atoms with Crippen LogP contribution < -0.4 is 10.9 Å². The molecule has 2 atom stereocenters. The van der Waals surface area contributed by atoms with E-state index in [1.54, 1.807) is 0 Å². The number of aromatic nitrogens is 1. The lowest BCUT2D eigenvalue weighted by molar-refractivity contribution is -0.00294. The van der Waals surface area contributed by atoms with Crippen LogP contribution in [-0.4, -0.2) is 30.1 Å². The molecule has 0 unspecified atom stereocenters. The molecule has 0 radical (unpaired) electrons. The molecule has 1 aliphatic rings. The van der Waals surface area contributed by atoms with Crippen molar-refractivity contribution in [1.82, 2.24) is 10.3 Å². The first kappa shape index (κ1) is 14.8. The lowest BCUT2D eigenvalue weighted by atomic mass is 9.88. The molecule has 0 aromatic carbocycles. The summed E-state index contributed by atoms with van der Waals surface area (Å²) in [4.78, 5) is 25.2. The summed E-state index contributed by atoms with van der Waals surface area (Å²) in [5, 5.41) is 2.79. The summed E-state index contributed by atoms with van der Waals surface area (Å²) in [7, 11) is 0. The minimum Gasteiger partial charge on any atom is -0.376 e. The Morgan fingerprint density at radius 2 is 2.20 bits per heavy atom. The van der Waals surface area contributed by atoms with Crippen LogP contribution in [0.5, 0.6) is 0 Å². The Labute approximate surface area is 118 Å². The van der Waals surface area contributed by atoms with Gasteiger partial charge in [0.25, 0.3) is 5.91 Å². The summed E-state index contributed by atoms with van der Waals surface area (Å²) >= 11 is 0. The van der Waals surface area contributed by atoms with Crippen LogP contribution in [0.1, 0.15) is 43.0 Å².